The topological polar surface area (TPSA) is 92.4 Å². The Labute approximate surface area is 113 Å². The van der Waals surface area contributed by atoms with Crippen LogP contribution >= 0.6 is 0 Å². The van der Waals surface area contributed by atoms with Crippen molar-refractivity contribution in [3.63, 3.8) is 0 Å². The molecule has 2 atom stereocenters. The highest BCUT2D eigenvalue weighted by molar-refractivity contribution is 7.89. The van der Waals surface area contributed by atoms with E-state index in [2.05, 4.69) is 9.88 Å². The minimum absolute atomic E-state index is 0.0260. The maximum atomic E-state index is 12.4. The number of aryl methyl sites for hydroxylation is 2. The first-order chi connectivity index (χ1) is 8.80. The third-order valence-electron chi connectivity index (χ3n) is 3.98. The fourth-order valence-electron chi connectivity index (χ4n) is 2.73. The summed E-state index contributed by atoms with van der Waals surface area (Å²) < 4.78 is 32.4. The summed E-state index contributed by atoms with van der Waals surface area (Å²) >= 11 is 0. The van der Waals surface area contributed by atoms with Gasteiger partial charge in [0.05, 0.1) is 0 Å². The van der Waals surface area contributed by atoms with E-state index < -0.39 is 15.4 Å². The molecule has 0 aromatic carbocycles. The second kappa shape index (κ2) is 4.88. The zero-order valence-electron chi connectivity index (χ0n) is 11.4. The second-order valence-corrected chi connectivity index (χ2v) is 7.18. The van der Waals surface area contributed by atoms with Crippen molar-refractivity contribution in [2.45, 2.75) is 51.0 Å². The number of nitrogens with zero attached hydrogens (tertiary/aromatic N) is 1. The summed E-state index contributed by atoms with van der Waals surface area (Å²) in [6.45, 7) is 5.06. The summed E-state index contributed by atoms with van der Waals surface area (Å²) in [6, 6.07) is -0.254. The van der Waals surface area contributed by atoms with Crippen molar-refractivity contribution in [3.8, 4) is 0 Å². The van der Waals surface area contributed by atoms with Gasteiger partial charge in [-0.1, -0.05) is 18.5 Å². The lowest BCUT2D eigenvalue weighted by Crippen LogP contribution is -2.44. The molecule has 0 radical (unpaired) electrons. The summed E-state index contributed by atoms with van der Waals surface area (Å²) in [7, 11) is -3.66. The molecule has 0 amide bonds. The Morgan fingerprint density at radius 2 is 2.21 bits per heavy atom. The molecule has 2 unspecified atom stereocenters. The molecule has 1 aromatic heterocycles. The van der Waals surface area contributed by atoms with E-state index >= 15 is 0 Å². The molecule has 0 saturated heterocycles. The van der Waals surface area contributed by atoms with Crippen molar-refractivity contribution in [1.29, 1.82) is 0 Å². The van der Waals surface area contributed by atoms with E-state index in [4.69, 9.17) is 4.52 Å². The molecule has 0 spiro atoms. The maximum absolute atomic E-state index is 12.4. The summed E-state index contributed by atoms with van der Waals surface area (Å²) in [5, 5.41) is 13.1. The predicted molar refractivity (Wildman–Crippen MR) is 69.1 cm³/mol. The second-order valence-electron chi connectivity index (χ2n) is 5.53. The first-order valence-electron chi connectivity index (χ1n) is 6.36. The lowest BCUT2D eigenvalue weighted by atomic mass is 9.86. The molecule has 1 aliphatic carbocycles. The van der Waals surface area contributed by atoms with Gasteiger partial charge in [0.25, 0.3) is 0 Å². The van der Waals surface area contributed by atoms with Crippen LogP contribution in [0.1, 0.15) is 37.6 Å². The van der Waals surface area contributed by atoms with Gasteiger partial charge in [0, 0.05) is 18.1 Å². The molecular weight excluding hydrogens is 268 g/mol. The van der Waals surface area contributed by atoms with Gasteiger partial charge in [0.15, 0.2) is 5.76 Å². The van der Waals surface area contributed by atoms with Crippen molar-refractivity contribution >= 4 is 10.0 Å². The van der Waals surface area contributed by atoms with E-state index in [1.165, 1.54) is 0 Å². The van der Waals surface area contributed by atoms with Gasteiger partial charge in [0.2, 0.25) is 10.0 Å². The van der Waals surface area contributed by atoms with Gasteiger partial charge in [-0.2, -0.15) is 0 Å². The Bertz CT molecular complexity index is 547. The maximum Gasteiger partial charge on any atom is 0.246 e. The molecule has 1 fully saturated rings. The first-order valence-corrected chi connectivity index (χ1v) is 7.84. The number of aliphatic hydroxyl groups is 1. The third-order valence-corrected chi connectivity index (χ3v) is 5.69. The van der Waals surface area contributed by atoms with Gasteiger partial charge < -0.3 is 9.63 Å². The van der Waals surface area contributed by atoms with Gasteiger partial charge in [0.1, 0.15) is 10.6 Å². The minimum Gasteiger partial charge on any atom is -0.396 e. The molecule has 1 heterocycles. The number of sulfonamides is 1. The van der Waals surface area contributed by atoms with Crippen LogP contribution in [0.3, 0.4) is 0 Å². The van der Waals surface area contributed by atoms with Crippen LogP contribution in [0.2, 0.25) is 0 Å². The van der Waals surface area contributed by atoms with Crippen molar-refractivity contribution in [1.82, 2.24) is 9.88 Å². The van der Waals surface area contributed by atoms with Gasteiger partial charge in [-0.25, -0.2) is 13.1 Å². The zero-order chi connectivity index (χ0) is 14.3. The summed E-state index contributed by atoms with van der Waals surface area (Å²) in [5.74, 6) is 0.286. The number of aliphatic hydroxyl groups excluding tert-OH is 1. The quantitative estimate of drug-likeness (QED) is 0.866. The third kappa shape index (κ3) is 2.54. The summed E-state index contributed by atoms with van der Waals surface area (Å²) in [5.41, 5.74) is -0.0415. The van der Waals surface area contributed by atoms with Crippen LogP contribution in [0.4, 0.5) is 0 Å². The van der Waals surface area contributed by atoms with Crippen LogP contribution in [0.15, 0.2) is 9.42 Å². The fraction of sp³-hybridized carbons (Fsp3) is 0.750. The summed E-state index contributed by atoms with van der Waals surface area (Å²) in [6.07, 6.45) is 2.46. The highest BCUT2D eigenvalue weighted by Gasteiger charge is 2.41. The number of nitrogens with one attached hydrogen (secondary N) is 1. The van der Waals surface area contributed by atoms with Crippen molar-refractivity contribution in [2.75, 3.05) is 6.61 Å². The van der Waals surface area contributed by atoms with Gasteiger partial charge >= 0.3 is 0 Å². The van der Waals surface area contributed by atoms with E-state index in [1.54, 1.807) is 13.8 Å². The Hall–Kier alpha value is -0.920. The molecule has 19 heavy (non-hydrogen) atoms. The minimum atomic E-state index is -3.66. The SMILES string of the molecule is Cc1noc(C)c1S(=O)(=O)NC1CCCC1(C)CO. The molecule has 6 nitrogen and oxygen atoms in total. The molecule has 1 aliphatic rings. The van der Waals surface area contributed by atoms with Crippen LogP contribution in [0, 0.1) is 19.3 Å². The van der Waals surface area contributed by atoms with Crippen LogP contribution in [-0.4, -0.2) is 31.3 Å². The first kappa shape index (κ1) is 14.5. The van der Waals surface area contributed by atoms with E-state index in [9.17, 15) is 13.5 Å². The Morgan fingerprint density at radius 1 is 1.53 bits per heavy atom. The highest BCUT2D eigenvalue weighted by Crippen LogP contribution is 2.38. The zero-order valence-corrected chi connectivity index (χ0v) is 12.2. The molecule has 0 aliphatic heterocycles. The molecule has 2 rings (SSSR count). The average molecular weight is 288 g/mol. The van der Waals surface area contributed by atoms with Crippen molar-refractivity contribution in [3.05, 3.63) is 11.5 Å². The number of hydrogen-bond donors (Lipinski definition) is 2. The molecule has 0 bridgehead atoms. The van der Waals surface area contributed by atoms with E-state index in [-0.39, 0.29) is 23.3 Å². The van der Waals surface area contributed by atoms with Crippen molar-refractivity contribution in [2.24, 2.45) is 5.41 Å². The molecule has 1 saturated carbocycles. The van der Waals surface area contributed by atoms with Crippen LogP contribution in [0.25, 0.3) is 0 Å². The lowest BCUT2D eigenvalue weighted by molar-refractivity contribution is 0.127. The molecule has 1 aromatic rings. The Morgan fingerprint density at radius 3 is 2.74 bits per heavy atom. The van der Waals surface area contributed by atoms with Crippen molar-refractivity contribution < 1.29 is 18.0 Å². The summed E-state index contributed by atoms with van der Waals surface area (Å²) in [4.78, 5) is 0.111. The largest absolute Gasteiger partial charge is 0.396 e. The highest BCUT2D eigenvalue weighted by atomic mass is 32.2. The fourth-order valence-corrected chi connectivity index (χ4v) is 4.46. The molecule has 2 N–H and O–H groups in total. The molecule has 108 valence electrons. The van der Waals surface area contributed by atoms with Gasteiger partial charge in [-0.05, 0) is 26.7 Å². The Kier molecular flexibility index (Phi) is 3.72. The van der Waals surface area contributed by atoms with E-state index in [0.29, 0.717) is 5.69 Å². The van der Waals surface area contributed by atoms with Crippen LogP contribution in [-0.2, 0) is 10.0 Å². The number of aromatic nitrogens is 1. The standard InChI is InChI=1S/C12H20N2O4S/c1-8-11(9(2)18-13-8)19(16,17)14-10-5-4-6-12(10,3)7-15/h10,14-15H,4-7H2,1-3H3. The van der Waals surface area contributed by atoms with E-state index in [0.717, 1.165) is 19.3 Å². The van der Waals surface area contributed by atoms with Crippen LogP contribution in [0.5, 0.6) is 0 Å². The number of hydrogen-bond acceptors (Lipinski definition) is 5. The average Bonchev–Trinajstić information content (AvgIpc) is 2.84. The normalized spacial score (nSPS) is 27.9. The van der Waals surface area contributed by atoms with Gasteiger partial charge in [-0.3, -0.25) is 0 Å². The lowest BCUT2D eigenvalue weighted by Gasteiger charge is -2.29. The van der Waals surface area contributed by atoms with Crippen LogP contribution < -0.4 is 4.72 Å². The molecule has 7 heteroatoms. The number of rotatable bonds is 4. The monoisotopic (exact) mass is 288 g/mol. The predicted octanol–water partition coefficient (Wildman–Crippen LogP) is 1.12. The Balaban J connectivity index is 2.28. The van der Waals surface area contributed by atoms with E-state index in [1.807, 2.05) is 6.92 Å². The van der Waals surface area contributed by atoms with Gasteiger partial charge in [-0.15, -0.1) is 0 Å². The smallest absolute Gasteiger partial charge is 0.246 e. The molecular formula is C12H20N2O4S.